The second-order valence-electron chi connectivity index (χ2n) is 13.5. The van der Waals surface area contributed by atoms with Gasteiger partial charge in [0.15, 0.2) is 0 Å². The van der Waals surface area contributed by atoms with Crippen molar-refractivity contribution in [2.75, 3.05) is 32.7 Å². The van der Waals surface area contributed by atoms with Crippen LogP contribution in [0, 0.1) is 5.92 Å². The molecule has 4 atom stereocenters. The van der Waals surface area contributed by atoms with Crippen LogP contribution in [0.4, 0.5) is 0 Å². The van der Waals surface area contributed by atoms with E-state index in [9.17, 15) is 14.7 Å². The predicted molar refractivity (Wildman–Crippen MR) is 173 cm³/mol. The molecule has 5 rings (SSSR count). The van der Waals surface area contributed by atoms with E-state index in [4.69, 9.17) is 0 Å². The molecular formula is C36H47N5O3. The zero-order valence-electron chi connectivity index (χ0n) is 26.3. The Bertz CT molecular complexity index is 1350. The van der Waals surface area contributed by atoms with E-state index in [1.807, 2.05) is 74.3 Å². The van der Waals surface area contributed by atoms with Gasteiger partial charge in [-0.3, -0.25) is 24.4 Å². The molecule has 1 aromatic heterocycles. The summed E-state index contributed by atoms with van der Waals surface area (Å²) >= 11 is 0. The third-order valence-corrected chi connectivity index (χ3v) is 8.63. The molecule has 3 aromatic rings. The molecule has 0 aliphatic carbocycles. The minimum atomic E-state index is -0.775. The molecule has 0 radical (unpaired) electrons. The second kappa shape index (κ2) is 14.5. The molecule has 0 spiro atoms. The van der Waals surface area contributed by atoms with Gasteiger partial charge in [-0.2, -0.15) is 0 Å². The van der Waals surface area contributed by atoms with Crippen LogP contribution in [0.2, 0.25) is 0 Å². The lowest BCUT2D eigenvalue weighted by Gasteiger charge is -2.42. The van der Waals surface area contributed by atoms with E-state index < -0.39 is 12.1 Å². The van der Waals surface area contributed by atoms with E-state index in [2.05, 4.69) is 50.4 Å². The number of carbonyl (C=O) groups is 2. The van der Waals surface area contributed by atoms with Crippen molar-refractivity contribution in [2.45, 2.75) is 70.3 Å². The maximum absolute atomic E-state index is 13.8. The highest BCUT2D eigenvalue weighted by Gasteiger charge is 2.41. The van der Waals surface area contributed by atoms with Gasteiger partial charge in [-0.15, -0.1) is 0 Å². The zero-order chi connectivity index (χ0) is 31.1. The van der Waals surface area contributed by atoms with Crippen LogP contribution in [0.1, 0.15) is 43.9 Å². The van der Waals surface area contributed by atoms with Crippen LogP contribution in [-0.2, 0) is 29.0 Å². The first-order valence-corrected chi connectivity index (χ1v) is 15.9. The molecule has 4 unspecified atom stereocenters. The van der Waals surface area contributed by atoms with E-state index in [-0.39, 0.29) is 35.9 Å². The summed E-state index contributed by atoms with van der Waals surface area (Å²) in [4.78, 5) is 37.9. The van der Waals surface area contributed by atoms with Crippen molar-refractivity contribution in [1.29, 1.82) is 0 Å². The molecule has 234 valence electrons. The number of rotatable bonds is 11. The highest BCUT2D eigenvalue weighted by atomic mass is 16.3. The van der Waals surface area contributed by atoms with Gasteiger partial charge in [0.1, 0.15) is 6.04 Å². The molecule has 2 aliphatic heterocycles. The van der Waals surface area contributed by atoms with Crippen molar-refractivity contribution in [3.63, 3.8) is 0 Å². The average molecular weight is 598 g/mol. The number of aromatic nitrogens is 1. The molecule has 3 heterocycles. The summed E-state index contributed by atoms with van der Waals surface area (Å²) in [5.41, 5.74) is 3.09. The summed E-state index contributed by atoms with van der Waals surface area (Å²) in [7, 11) is 0. The Hall–Kier alpha value is -3.59. The molecule has 0 bridgehead atoms. The van der Waals surface area contributed by atoms with Crippen LogP contribution in [-0.4, -0.2) is 93.1 Å². The zero-order valence-corrected chi connectivity index (χ0v) is 26.3. The number of hydrogen-bond donors (Lipinski definition) is 2. The molecule has 2 N–H and O–H groups in total. The van der Waals surface area contributed by atoms with Crippen molar-refractivity contribution in [1.82, 2.24) is 25.0 Å². The van der Waals surface area contributed by atoms with E-state index in [1.54, 1.807) is 6.20 Å². The number of likely N-dealkylation sites (tertiary alicyclic amines) is 1. The number of β-amino-alcohol motifs (C(OH)–C–C–N with tert-alkyl or cyclic N) is 1. The number of nitrogens with one attached hydrogen (secondary N) is 1. The maximum Gasteiger partial charge on any atom is 0.239 e. The maximum atomic E-state index is 13.8. The third-order valence-electron chi connectivity index (χ3n) is 8.63. The summed E-state index contributed by atoms with van der Waals surface area (Å²) in [6.07, 6.45) is 5.08. The summed E-state index contributed by atoms with van der Waals surface area (Å²) in [5.74, 6) is -0.0421. The van der Waals surface area contributed by atoms with Crippen molar-refractivity contribution in [2.24, 2.45) is 5.92 Å². The van der Waals surface area contributed by atoms with Crippen LogP contribution in [0.25, 0.3) is 0 Å². The average Bonchev–Trinajstić information content (AvgIpc) is 3.27. The van der Waals surface area contributed by atoms with Crippen molar-refractivity contribution >= 4 is 11.8 Å². The monoisotopic (exact) mass is 597 g/mol. The molecule has 8 heteroatoms. The molecule has 8 nitrogen and oxygen atoms in total. The lowest BCUT2D eigenvalue weighted by molar-refractivity contribution is -0.135. The summed E-state index contributed by atoms with van der Waals surface area (Å²) in [5, 5.41) is 14.6. The first-order valence-electron chi connectivity index (χ1n) is 15.9. The van der Waals surface area contributed by atoms with Crippen LogP contribution in [0.15, 0.2) is 85.2 Å². The smallest absolute Gasteiger partial charge is 0.239 e. The van der Waals surface area contributed by atoms with E-state index in [0.29, 0.717) is 26.1 Å². The number of carbonyl (C=O) groups excluding carboxylic acids is 2. The molecule has 2 amide bonds. The molecule has 2 saturated heterocycles. The van der Waals surface area contributed by atoms with Gasteiger partial charge in [0.2, 0.25) is 11.8 Å². The second-order valence-corrected chi connectivity index (χ2v) is 13.5. The number of piperazine rings is 1. The Kier molecular flexibility index (Phi) is 10.5. The fraction of sp³-hybridized carbons (Fsp3) is 0.472. The standard InChI is InChI=1S/C36H47N5O3/c1-36(2,3)38-34(43)33-26-39(23-29-15-10-16-37-22-29)17-18-40(33)24-32(42)25-41-31(20-28-13-8-5-9-14-28)21-30(35(41)44)19-27-11-6-4-7-12-27/h4-16,22,30-33,42H,17-21,23-26H2,1-3H3,(H,38,43). The van der Waals surface area contributed by atoms with Crippen molar-refractivity contribution in [3.8, 4) is 0 Å². The number of amides is 2. The van der Waals surface area contributed by atoms with E-state index >= 15 is 0 Å². The SMILES string of the molecule is CC(C)(C)NC(=O)C1CN(Cc2cccnc2)CCN1CC(O)CN1C(=O)C(Cc2ccccc2)CC1Cc1ccccc1. The minimum absolute atomic E-state index is 0.0181. The van der Waals surface area contributed by atoms with Crippen molar-refractivity contribution < 1.29 is 14.7 Å². The molecule has 0 saturated carbocycles. The van der Waals surface area contributed by atoms with Gasteiger partial charge in [0.25, 0.3) is 0 Å². The predicted octanol–water partition coefficient (Wildman–Crippen LogP) is 3.55. The van der Waals surface area contributed by atoms with Gasteiger partial charge in [0, 0.05) is 69.2 Å². The highest BCUT2D eigenvalue weighted by Crippen LogP contribution is 2.30. The fourth-order valence-electron chi connectivity index (χ4n) is 6.61. The van der Waals surface area contributed by atoms with E-state index in [0.717, 1.165) is 37.1 Å². The normalized spacial score (nSPS) is 22.2. The number of pyridine rings is 1. The van der Waals surface area contributed by atoms with Gasteiger partial charge in [-0.05, 0) is 62.8 Å². The fourth-order valence-corrected chi connectivity index (χ4v) is 6.61. The van der Waals surface area contributed by atoms with Crippen LogP contribution >= 0.6 is 0 Å². The Balaban J connectivity index is 1.28. The van der Waals surface area contributed by atoms with E-state index in [1.165, 1.54) is 5.56 Å². The highest BCUT2D eigenvalue weighted by molar-refractivity contribution is 5.83. The van der Waals surface area contributed by atoms with Gasteiger partial charge >= 0.3 is 0 Å². The summed E-state index contributed by atoms with van der Waals surface area (Å²) in [6.45, 7) is 9.24. The number of benzene rings is 2. The lowest BCUT2D eigenvalue weighted by Crippen LogP contribution is -2.62. The molecule has 44 heavy (non-hydrogen) atoms. The number of aliphatic hydroxyl groups is 1. The summed E-state index contributed by atoms with van der Waals surface area (Å²) in [6, 6.07) is 24.0. The largest absolute Gasteiger partial charge is 0.390 e. The van der Waals surface area contributed by atoms with Gasteiger partial charge in [-0.1, -0.05) is 66.7 Å². The molecule has 2 aromatic carbocycles. The quantitative estimate of drug-likeness (QED) is 0.352. The first-order chi connectivity index (χ1) is 21.1. The molecule has 2 aliphatic rings. The Labute approximate surface area is 262 Å². The van der Waals surface area contributed by atoms with Crippen molar-refractivity contribution in [3.05, 3.63) is 102 Å². The summed E-state index contributed by atoms with van der Waals surface area (Å²) < 4.78 is 0. The van der Waals surface area contributed by atoms with Gasteiger partial charge in [0.05, 0.1) is 6.10 Å². The van der Waals surface area contributed by atoms with Gasteiger partial charge in [-0.25, -0.2) is 0 Å². The third kappa shape index (κ3) is 8.74. The minimum Gasteiger partial charge on any atom is -0.390 e. The Morgan fingerprint density at radius 3 is 2.23 bits per heavy atom. The number of hydrogen-bond acceptors (Lipinski definition) is 6. The molecular weight excluding hydrogens is 550 g/mol. The number of nitrogens with zero attached hydrogens (tertiary/aromatic N) is 4. The number of aliphatic hydroxyl groups excluding tert-OH is 1. The Morgan fingerprint density at radius 2 is 1.59 bits per heavy atom. The van der Waals surface area contributed by atoms with Crippen LogP contribution in [0.5, 0.6) is 0 Å². The lowest BCUT2D eigenvalue weighted by atomic mass is 9.94. The first kappa shape index (κ1) is 31.8. The Morgan fingerprint density at radius 1 is 0.932 bits per heavy atom. The van der Waals surface area contributed by atoms with Crippen LogP contribution < -0.4 is 5.32 Å². The van der Waals surface area contributed by atoms with Gasteiger partial charge < -0.3 is 15.3 Å². The topological polar surface area (TPSA) is 89.0 Å². The molecule has 2 fully saturated rings. The van der Waals surface area contributed by atoms with Crippen LogP contribution in [0.3, 0.4) is 0 Å².